The number of anilines is 1. The molecule has 0 aromatic heterocycles. The Bertz CT molecular complexity index is 440. The molecule has 1 rings (SSSR count). The van der Waals surface area contributed by atoms with Crippen LogP contribution in [0.1, 0.15) is 45.6 Å². The van der Waals surface area contributed by atoms with Crippen molar-refractivity contribution in [2.75, 3.05) is 5.32 Å². The third-order valence-electron chi connectivity index (χ3n) is 3.23. The number of benzene rings is 1. The van der Waals surface area contributed by atoms with Crippen molar-refractivity contribution in [3.63, 3.8) is 0 Å². The number of unbranched alkanes of at least 4 members (excludes halogenated alkanes) is 1. The van der Waals surface area contributed by atoms with Gasteiger partial charge in [-0.05, 0) is 43.9 Å². The van der Waals surface area contributed by atoms with Gasteiger partial charge in [-0.25, -0.2) is 0 Å². The molecule has 0 aliphatic carbocycles. The van der Waals surface area contributed by atoms with Gasteiger partial charge >= 0.3 is 11.8 Å². The number of amides is 2. The summed E-state index contributed by atoms with van der Waals surface area (Å²) in [7, 11) is 0. The van der Waals surface area contributed by atoms with Crippen LogP contribution in [-0.2, 0) is 16.0 Å². The van der Waals surface area contributed by atoms with E-state index in [4.69, 9.17) is 0 Å². The normalized spacial score (nSPS) is 11.8. The van der Waals surface area contributed by atoms with E-state index in [1.807, 2.05) is 38.1 Å². The number of nitrogens with one attached hydrogen (secondary N) is 2. The second-order valence-corrected chi connectivity index (χ2v) is 5.04. The number of carbonyl (C=O) groups excluding carboxylic acids is 2. The van der Waals surface area contributed by atoms with E-state index < -0.39 is 11.8 Å². The second-order valence-electron chi connectivity index (χ2n) is 5.04. The average molecular weight is 276 g/mol. The van der Waals surface area contributed by atoms with Crippen molar-refractivity contribution in [2.24, 2.45) is 0 Å². The highest BCUT2D eigenvalue weighted by atomic mass is 16.2. The predicted octanol–water partition coefficient (Wildman–Crippen LogP) is 2.88. The molecule has 0 bridgehead atoms. The van der Waals surface area contributed by atoms with E-state index in [9.17, 15) is 9.59 Å². The van der Waals surface area contributed by atoms with Gasteiger partial charge in [-0.3, -0.25) is 9.59 Å². The summed E-state index contributed by atoms with van der Waals surface area (Å²) in [6.45, 7) is 5.98. The van der Waals surface area contributed by atoms with E-state index >= 15 is 0 Å². The maximum atomic E-state index is 11.7. The first-order valence-electron chi connectivity index (χ1n) is 7.27. The molecule has 1 atom stereocenters. The highest BCUT2D eigenvalue weighted by Gasteiger charge is 2.15. The van der Waals surface area contributed by atoms with Crippen molar-refractivity contribution in [2.45, 2.75) is 52.5 Å². The zero-order chi connectivity index (χ0) is 15.0. The first kappa shape index (κ1) is 16.2. The minimum atomic E-state index is -0.619. The Morgan fingerprint density at radius 1 is 1.10 bits per heavy atom. The molecule has 1 aromatic rings. The van der Waals surface area contributed by atoms with Crippen LogP contribution in [0.25, 0.3) is 0 Å². The lowest BCUT2D eigenvalue weighted by molar-refractivity contribution is -0.136. The molecule has 4 heteroatoms. The van der Waals surface area contributed by atoms with Gasteiger partial charge in [0.2, 0.25) is 0 Å². The second kappa shape index (κ2) is 8.35. The van der Waals surface area contributed by atoms with Gasteiger partial charge in [0.05, 0.1) is 0 Å². The molecule has 20 heavy (non-hydrogen) atoms. The van der Waals surface area contributed by atoms with E-state index in [-0.39, 0.29) is 6.04 Å². The standard InChI is InChI=1S/C16H24N2O2/c1-4-6-7-13-8-10-14(11-9-13)18-16(20)15(19)17-12(3)5-2/h8-12H,4-7H2,1-3H3,(H,17,19)(H,18,20)/t12-/m0/s1. The van der Waals surface area contributed by atoms with Crippen LogP contribution in [0.2, 0.25) is 0 Å². The first-order chi connectivity index (χ1) is 9.56. The zero-order valence-corrected chi connectivity index (χ0v) is 12.5. The van der Waals surface area contributed by atoms with Crippen LogP contribution < -0.4 is 10.6 Å². The average Bonchev–Trinajstić information content (AvgIpc) is 2.46. The molecule has 0 unspecified atom stereocenters. The van der Waals surface area contributed by atoms with Crippen LogP contribution in [0.5, 0.6) is 0 Å². The molecule has 1 aromatic carbocycles. The van der Waals surface area contributed by atoms with Crippen LogP contribution in [0, 0.1) is 0 Å². The SMILES string of the molecule is CCCCc1ccc(NC(=O)C(=O)N[C@@H](C)CC)cc1. The van der Waals surface area contributed by atoms with Crippen molar-refractivity contribution in [1.82, 2.24) is 5.32 Å². The first-order valence-corrected chi connectivity index (χ1v) is 7.27. The van der Waals surface area contributed by atoms with Crippen molar-refractivity contribution < 1.29 is 9.59 Å². The molecule has 0 fully saturated rings. The van der Waals surface area contributed by atoms with Crippen molar-refractivity contribution >= 4 is 17.5 Å². The van der Waals surface area contributed by atoms with Gasteiger partial charge in [0.15, 0.2) is 0 Å². The van der Waals surface area contributed by atoms with Gasteiger partial charge in [-0.2, -0.15) is 0 Å². The molecule has 0 aliphatic rings. The largest absolute Gasteiger partial charge is 0.345 e. The number of rotatable bonds is 6. The molecule has 0 aliphatic heterocycles. The summed E-state index contributed by atoms with van der Waals surface area (Å²) in [4.78, 5) is 23.3. The third-order valence-corrected chi connectivity index (χ3v) is 3.23. The van der Waals surface area contributed by atoms with Gasteiger partial charge in [0.25, 0.3) is 0 Å². The molecule has 0 saturated heterocycles. The summed E-state index contributed by atoms with van der Waals surface area (Å²) in [5, 5.41) is 5.24. The van der Waals surface area contributed by atoms with E-state index in [1.165, 1.54) is 5.56 Å². The molecular formula is C16H24N2O2. The molecule has 4 nitrogen and oxygen atoms in total. The highest BCUT2D eigenvalue weighted by molar-refractivity contribution is 6.39. The number of hydrogen-bond donors (Lipinski definition) is 2. The molecule has 2 amide bonds. The number of hydrogen-bond acceptors (Lipinski definition) is 2. The van der Waals surface area contributed by atoms with E-state index in [1.54, 1.807) is 0 Å². The van der Waals surface area contributed by atoms with Gasteiger partial charge in [0, 0.05) is 11.7 Å². The van der Waals surface area contributed by atoms with Crippen molar-refractivity contribution in [3.8, 4) is 0 Å². The zero-order valence-electron chi connectivity index (χ0n) is 12.5. The van der Waals surface area contributed by atoms with E-state index in [0.717, 1.165) is 25.7 Å². The highest BCUT2D eigenvalue weighted by Crippen LogP contribution is 2.11. The maximum absolute atomic E-state index is 11.7. The minimum absolute atomic E-state index is 0.00432. The monoisotopic (exact) mass is 276 g/mol. The fourth-order valence-electron chi connectivity index (χ4n) is 1.71. The number of aryl methyl sites for hydroxylation is 1. The number of carbonyl (C=O) groups is 2. The lowest BCUT2D eigenvalue weighted by Crippen LogP contribution is -2.40. The quantitative estimate of drug-likeness (QED) is 0.785. The van der Waals surface area contributed by atoms with Gasteiger partial charge in [-0.1, -0.05) is 32.4 Å². The summed E-state index contributed by atoms with van der Waals surface area (Å²) in [5.74, 6) is -1.21. The Kier molecular flexibility index (Phi) is 6.77. The van der Waals surface area contributed by atoms with Gasteiger partial charge < -0.3 is 10.6 Å². The van der Waals surface area contributed by atoms with Crippen LogP contribution in [0.3, 0.4) is 0 Å². The third kappa shape index (κ3) is 5.43. The van der Waals surface area contributed by atoms with Crippen LogP contribution in [0.4, 0.5) is 5.69 Å². The van der Waals surface area contributed by atoms with Crippen LogP contribution >= 0.6 is 0 Å². The van der Waals surface area contributed by atoms with Crippen LogP contribution in [-0.4, -0.2) is 17.9 Å². The van der Waals surface area contributed by atoms with E-state index in [0.29, 0.717) is 5.69 Å². The predicted molar refractivity (Wildman–Crippen MR) is 81.6 cm³/mol. The van der Waals surface area contributed by atoms with Crippen molar-refractivity contribution in [3.05, 3.63) is 29.8 Å². The molecule has 0 radical (unpaired) electrons. The Balaban J connectivity index is 2.51. The minimum Gasteiger partial charge on any atom is -0.345 e. The van der Waals surface area contributed by atoms with Crippen LogP contribution in [0.15, 0.2) is 24.3 Å². The molecule has 0 heterocycles. The summed E-state index contributed by atoms with van der Waals surface area (Å²) in [6.07, 6.45) is 4.15. The lowest BCUT2D eigenvalue weighted by Gasteiger charge is -2.11. The fourth-order valence-corrected chi connectivity index (χ4v) is 1.71. The summed E-state index contributed by atoms with van der Waals surface area (Å²) in [5.41, 5.74) is 1.89. The maximum Gasteiger partial charge on any atom is 0.313 e. The molecule has 2 N–H and O–H groups in total. The Labute approximate surface area is 121 Å². The fraction of sp³-hybridized carbons (Fsp3) is 0.500. The molecule has 0 spiro atoms. The Morgan fingerprint density at radius 3 is 2.30 bits per heavy atom. The smallest absolute Gasteiger partial charge is 0.313 e. The topological polar surface area (TPSA) is 58.2 Å². The van der Waals surface area contributed by atoms with Gasteiger partial charge in [0.1, 0.15) is 0 Å². The summed E-state index contributed by atoms with van der Waals surface area (Å²) in [6, 6.07) is 7.64. The molecule has 110 valence electrons. The van der Waals surface area contributed by atoms with E-state index in [2.05, 4.69) is 17.6 Å². The Hall–Kier alpha value is -1.84. The summed E-state index contributed by atoms with van der Waals surface area (Å²) >= 11 is 0. The molecule has 0 saturated carbocycles. The van der Waals surface area contributed by atoms with Gasteiger partial charge in [-0.15, -0.1) is 0 Å². The summed E-state index contributed by atoms with van der Waals surface area (Å²) < 4.78 is 0. The van der Waals surface area contributed by atoms with Crippen molar-refractivity contribution in [1.29, 1.82) is 0 Å². The Morgan fingerprint density at radius 2 is 1.75 bits per heavy atom. The lowest BCUT2D eigenvalue weighted by atomic mass is 10.1. The molecular weight excluding hydrogens is 252 g/mol.